The van der Waals surface area contributed by atoms with Crippen molar-refractivity contribution in [2.24, 2.45) is 11.1 Å². The summed E-state index contributed by atoms with van der Waals surface area (Å²) in [6.07, 6.45) is 9.55. The molecular formula is C16H19NO3. The highest BCUT2D eigenvalue weighted by Gasteiger charge is 2.21. The van der Waals surface area contributed by atoms with E-state index in [0.29, 0.717) is 17.9 Å². The van der Waals surface area contributed by atoms with Crippen molar-refractivity contribution in [3.63, 3.8) is 0 Å². The molecule has 0 aliphatic heterocycles. The molecule has 1 aliphatic rings. The number of rotatable bonds is 6. The van der Waals surface area contributed by atoms with Gasteiger partial charge < -0.3 is 9.47 Å². The lowest BCUT2D eigenvalue weighted by atomic mass is 9.89. The van der Waals surface area contributed by atoms with E-state index < -0.39 is 0 Å². The Labute approximate surface area is 119 Å². The van der Waals surface area contributed by atoms with Gasteiger partial charge in [-0.1, -0.05) is 35.5 Å². The first kappa shape index (κ1) is 14.3. The molecule has 0 N–H and O–H groups in total. The Balaban J connectivity index is 2.13. The predicted molar refractivity (Wildman–Crippen MR) is 79.2 cm³/mol. The van der Waals surface area contributed by atoms with E-state index in [1.54, 1.807) is 14.2 Å². The van der Waals surface area contributed by atoms with E-state index in [-0.39, 0.29) is 12.0 Å². The van der Waals surface area contributed by atoms with E-state index in [1.807, 2.05) is 36.4 Å². The first-order valence-corrected chi connectivity index (χ1v) is 6.65. The minimum Gasteiger partial charge on any atom is -0.493 e. The SMILES string of the molecule is COc1ccc(CC(N=O)C2C=CC=CC2)cc1OC. The van der Waals surface area contributed by atoms with Crippen LogP contribution in [0.3, 0.4) is 0 Å². The number of methoxy groups -OCH3 is 2. The maximum atomic E-state index is 11.1. The third-order valence-electron chi connectivity index (χ3n) is 3.54. The zero-order chi connectivity index (χ0) is 14.4. The Morgan fingerprint density at radius 1 is 1.25 bits per heavy atom. The van der Waals surface area contributed by atoms with Gasteiger partial charge >= 0.3 is 0 Å². The lowest BCUT2D eigenvalue weighted by Crippen LogP contribution is -2.19. The van der Waals surface area contributed by atoms with Crippen LogP contribution >= 0.6 is 0 Å². The molecule has 20 heavy (non-hydrogen) atoms. The molecule has 1 aromatic rings. The highest BCUT2D eigenvalue weighted by molar-refractivity contribution is 5.43. The monoisotopic (exact) mass is 273 g/mol. The number of benzene rings is 1. The standard InChI is InChI=1S/C16H19NO3/c1-19-15-9-8-12(11-16(15)20-2)10-14(17-18)13-6-4-3-5-7-13/h3-6,8-9,11,13-14H,7,10H2,1-2H3. The molecule has 0 bridgehead atoms. The fourth-order valence-electron chi connectivity index (χ4n) is 2.40. The van der Waals surface area contributed by atoms with E-state index in [2.05, 4.69) is 11.3 Å². The quantitative estimate of drug-likeness (QED) is 0.745. The Morgan fingerprint density at radius 2 is 2.05 bits per heavy atom. The Hall–Kier alpha value is -2.10. The van der Waals surface area contributed by atoms with E-state index >= 15 is 0 Å². The second-order valence-corrected chi connectivity index (χ2v) is 4.78. The number of allylic oxidation sites excluding steroid dienone is 3. The van der Waals surface area contributed by atoms with Crippen LogP contribution in [0.1, 0.15) is 12.0 Å². The van der Waals surface area contributed by atoms with Crippen molar-refractivity contribution >= 4 is 0 Å². The first-order chi connectivity index (χ1) is 9.78. The summed E-state index contributed by atoms with van der Waals surface area (Å²) in [6, 6.07) is 5.45. The van der Waals surface area contributed by atoms with Gasteiger partial charge in [0.1, 0.15) is 6.04 Å². The van der Waals surface area contributed by atoms with Gasteiger partial charge in [-0.15, -0.1) is 0 Å². The average Bonchev–Trinajstić information content (AvgIpc) is 2.53. The van der Waals surface area contributed by atoms with Crippen molar-refractivity contribution in [3.05, 3.63) is 53.0 Å². The molecule has 0 aromatic heterocycles. The topological polar surface area (TPSA) is 47.9 Å². The van der Waals surface area contributed by atoms with Crippen molar-refractivity contribution in [1.29, 1.82) is 0 Å². The molecule has 106 valence electrons. The van der Waals surface area contributed by atoms with Crippen LogP contribution in [-0.4, -0.2) is 20.3 Å². The molecule has 0 saturated heterocycles. The largest absolute Gasteiger partial charge is 0.493 e. The highest BCUT2D eigenvalue weighted by Crippen LogP contribution is 2.29. The minimum absolute atomic E-state index is 0.172. The maximum Gasteiger partial charge on any atom is 0.160 e. The van der Waals surface area contributed by atoms with Gasteiger partial charge in [0.15, 0.2) is 11.5 Å². The zero-order valence-electron chi connectivity index (χ0n) is 11.8. The lowest BCUT2D eigenvalue weighted by molar-refractivity contribution is 0.354. The van der Waals surface area contributed by atoms with Crippen LogP contribution in [-0.2, 0) is 6.42 Å². The molecule has 2 unspecified atom stereocenters. The Morgan fingerprint density at radius 3 is 2.65 bits per heavy atom. The van der Waals surface area contributed by atoms with E-state index in [0.717, 1.165) is 12.0 Å². The molecule has 0 saturated carbocycles. The summed E-state index contributed by atoms with van der Waals surface area (Å²) >= 11 is 0. The number of hydrogen-bond acceptors (Lipinski definition) is 4. The molecule has 4 heteroatoms. The van der Waals surface area contributed by atoms with Gasteiger partial charge in [0.2, 0.25) is 0 Å². The number of nitroso groups, excluding NO2 is 1. The van der Waals surface area contributed by atoms with Crippen molar-refractivity contribution in [3.8, 4) is 11.5 Å². The molecule has 0 spiro atoms. The molecule has 1 aliphatic carbocycles. The van der Waals surface area contributed by atoms with Gasteiger partial charge in [-0.05, 0) is 30.5 Å². The summed E-state index contributed by atoms with van der Waals surface area (Å²) in [4.78, 5) is 11.1. The third kappa shape index (κ3) is 3.26. The molecular weight excluding hydrogens is 254 g/mol. The van der Waals surface area contributed by atoms with Crippen LogP contribution in [0, 0.1) is 10.8 Å². The summed E-state index contributed by atoms with van der Waals surface area (Å²) in [7, 11) is 3.21. The molecule has 0 heterocycles. The summed E-state index contributed by atoms with van der Waals surface area (Å²) in [5, 5.41) is 3.30. The van der Waals surface area contributed by atoms with Gasteiger partial charge in [-0.3, -0.25) is 0 Å². The van der Waals surface area contributed by atoms with E-state index in [1.165, 1.54) is 0 Å². The summed E-state index contributed by atoms with van der Waals surface area (Å²) in [6.45, 7) is 0. The van der Waals surface area contributed by atoms with Crippen LogP contribution in [0.25, 0.3) is 0 Å². The van der Waals surface area contributed by atoms with Gasteiger partial charge in [0, 0.05) is 5.92 Å². The van der Waals surface area contributed by atoms with Gasteiger partial charge in [-0.2, -0.15) is 4.91 Å². The first-order valence-electron chi connectivity index (χ1n) is 6.65. The summed E-state index contributed by atoms with van der Waals surface area (Å²) < 4.78 is 10.5. The van der Waals surface area contributed by atoms with Crippen molar-refractivity contribution in [2.75, 3.05) is 14.2 Å². The fraction of sp³-hybridized carbons (Fsp3) is 0.375. The second-order valence-electron chi connectivity index (χ2n) is 4.78. The lowest BCUT2D eigenvalue weighted by Gasteiger charge is -2.19. The summed E-state index contributed by atoms with van der Waals surface area (Å²) in [5.74, 6) is 1.53. The second kappa shape index (κ2) is 6.89. The molecule has 2 rings (SSSR count). The number of hydrogen-bond donors (Lipinski definition) is 0. The van der Waals surface area contributed by atoms with Crippen molar-refractivity contribution in [1.82, 2.24) is 0 Å². The van der Waals surface area contributed by atoms with Crippen molar-refractivity contribution in [2.45, 2.75) is 18.9 Å². The van der Waals surface area contributed by atoms with E-state index in [4.69, 9.17) is 9.47 Å². The fourth-order valence-corrected chi connectivity index (χ4v) is 2.40. The van der Waals surface area contributed by atoms with Gasteiger partial charge in [0.05, 0.1) is 14.2 Å². The average molecular weight is 273 g/mol. The maximum absolute atomic E-state index is 11.1. The molecule has 0 radical (unpaired) electrons. The Kier molecular flexibility index (Phi) is 4.93. The Bertz CT molecular complexity index is 522. The van der Waals surface area contributed by atoms with Gasteiger partial charge in [-0.25, -0.2) is 0 Å². The minimum atomic E-state index is -0.255. The predicted octanol–water partition coefficient (Wildman–Crippen LogP) is 3.51. The number of nitrogens with zero attached hydrogens (tertiary/aromatic N) is 1. The molecule has 0 fully saturated rings. The van der Waals surface area contributed by atoms with Crippen LogP contribution < -0.4 is 9.47 Å². The smallest absolute Gasteiger partial charge is 0.160 e. The molecule has 2 atom stereocenters. The third-order valence-corrected chi connectivity index (χ3v) is 3.54. The summed E-state index contributed by atoms with van der Waals surface area (Å²) in [5.41, 5.74) is 1.02. The van der Waals surface area contributed by atoms with Crippen LogP contribution in [0.5, 0.6) is 11.5 Å². The van der Waals surface area contributed by atoms with Crippen LogP contribution in [0.2, 0.25) is 0 Å². The molecule has 1 aromatic carbocycles. The van der Waals surface area contributed by atoms with Crippen LogP contribution in [0.15, 0.2) is 47.7 Å². The molecule has 0 amide bonds. The van der Waals surface area contributed by atoms with Gasteiger partial charge in [0.25, 0.3) is 0 Å². The molecule has 4 nitrogen and oxygen atoms in total. The normalized spacial score (nSPS) is 18.6. The zero-order valence-corrected chi connectivity index (χ0v) is 11.8. The highest BCUT2D eigenvalue weighted by atomic mass is 16.5. The van der Waals surface area contributed by atoms with Crippen LogP contribution in [0.4, 0.5) is 0 Å². The van der Waals surface area contributed by atoms with E-state index in [9.17, 15) is 4.91 Å². The van der Waals surface area contributed by atoms with Crippen molar-refractivity contribution < 1.29 is 9.47 Å². The number of ether oxygens (including phenoxy) is 2.